The summed E-state index contributed by atoms with van der Waals surface area (Å²) in [5.41, 5.74) is 9.97. The number of rotatable bonds is 2. The molecule has 6 heteroatoms. The minimum atomic E-state index is -0.779. The summed E-state index contributed by atoms with van der Waals surface area (Å²) in [7, 11) is 0. The number of nitrogens with zero attached hydrogens (tertiary/aromatic N) is 3. The van der Waals surface area contributed by atoms with Crippen LogP contribution < -0.4 is 10.5 Å². The molecule has 2 aliphatic rings. The van der Waals surface area contributed by atoms with Crippen molar-refractivity contribution in [2.75, 3.05) is 6.61 Å². The fourth-order valence-electron chi connectivity index (χ4n) is 3.92. The van der Waals surface area contributed by atoms with E-state index in [0.29, 0.717) is 12.4 Å². The lowest BCUT2D eigenvalue weighted by molar-refractivity contribution is 0.264. The maximum absolute atomic E-state index is 6.22. The van der Waals surface area contributed by atoms with E-state index in [1.54, 1.807) is 12.4 Å². The van der Waals surface area contributed by atoms with E-state index < -0.39 is 5.54 Å². The summed E-state index contributed by atoms with van der Waals surface area (Å²) in [5.74, 6) is 1.39. The van der Waals surface area contributed by atoms with Crippen LogP contribution in [0.1, 0.15) is 37.6 Å². The molecule has 2 N–H and O–H groups in total. The number of allylic oxidation sites excluding steroid dienone is 1. The van der Waals surface area contributed by atoms with Gasteiger partial charge in [-0.2, -0.15) is 0 Å². The van der Waals surface area contributed by atoms with Gasteiger partial charge in [-0.15, -0.1) is 0 Å². The normalized spacial score (nSPS) is 19.5. The summed E-state index contributed by atoms with van der Waals surface area (Å²) in [6.45, 7) is 6.76. The summed E-state index contributed by atoms with van der Waals surface area (Å²) in [4.78, 5) is 13.6. The van der Waals surface area contributed by atoms with E-state index in [4.69, 9.17) is 20.2 Å². The number of amidine groups is 1. The predicted octanol–water partition coefficient (Wildman–Crippen LogP) is 4.90. The first-order valence-electron chi connectivity index (χ1n) is 10.2. The lowest BCUT2D eigenvalue weighted by atomic mass is 9.80. The monoisotopic (exact) mass is 412 g/mol. The highest BCUT2D eigenvalue weighted by Crippen LogP contribution is 2.51. The molecular formula is C25H24N4O2. The van der Waals surface area contributed by atoms with Gasteiger partial charge in [0.25, 0.3) is 6.02 Å². The molecular weight excluding hydrogens is 388 g/mol. The van der Waals surface area contributed by atoms with Crippen LogP contribution in [0, 0.1) is 5.41 Å². The fourth-order valence-corrected chi connectivity index (χ4v) is 3.92. The van der Waals surface area contributed by atoms with Crippen LogP contribution in [0.2, 0.25) is 0 Å². The van der Waals surface area contributed by atoms with E-state index >= 15 is 0 Å². The second kappa shape index (κ2) is 6.94. The summed E-state index contributed by atoms with van der Waals surface area (Å²) >= 11 is 0. The maximum atomic E-state index is 6.22. The fraction of sp³-hybridized carbons (Fsp3) is 0.240. The van der Waals surface area contributed by atoms with E-state index in [1.807, 2.05) is 42.6 Å². The molecule has 4 heterocycles. The van der Waals surface area contributed by atoms with Crippen LogP contribution in [0.4, 0.5) is 0 Å². The van der Waals surface area contributed by atoms with Gasteiger partial charge in [0.2, 0.25) is 0 Å². The molecule has 0 radical (unpaired) electrons. The highest BCUT2D eigenvalue weighted by atomic mass is 16.5. The van der Waals surface area contributed by atoms with Gasteiger partial charge in [-0.25, -0.2) is 4.99 Å². The lowest BCUT2D eigenvalue weighted by Gasteiger charge is -2.33. The van der Waals surface area contributed by atoms with Crippen molar-refractivity contribution >= 4 is 12.1 Å². The SMILES string of the molecule is CC(C)(C)C=Cc1cc2c(cn1)Oc1ccc(-c3cccnc3)cc1[C@@]21COC(N)=N1. The van der Waals surface area contributed by atoms with Crippen LogP contribution in [0.5, 0.6) is 11.5 Å². The zero-order valence-corrected chi connectivity index (χ0v) is 17.8. The van der Waals surface area contributed by atoms with Crippen LogP contribution >= 0.6 is 0 Å². The van der Waals surface area contributed by atoms with E-state index in [-0.39, 0.29) is 11.4 Å². The van der Waals surface area contributed by atoms with Gasteiger partial charge < -0.3 is 15.2 Å². The summed E-state index contributed by atoms with van der Waals surface area (Å²) in [5, 5.41) is 0. The molecule has 0 fully saturated rings. The predicted molar refractivity (Wildman–Crippen MR) is 121 cm³/mol. The maximum Gasteiger partial charge on any atom is 0.283 e. The van der Waals surface area contributed by atoms with Gasteiger partial charge >= 0.3 is 0 Å². The molecule has 0 saturated carbocycles. The van der Waals surface area contributed by atoms with Crippen LogP contribution in [0.15, 0.2) is 66.1 Å². The number of aliphatic imine (C=N–C) groups is 1. The average molecular weight is 412 g/mol. The molecule has 0 bridgehead atoms. The third kappa shape index (κ3) is 3.44. The summed E-state index contributed by atoms with van der Waals surface area (Å²) in [6, 6.07) is 12.2. The molecule has 2 aliphatic heterocycles. The number of benzene rings is 1. The number of fused-ring (bicyclic) bond motifs is 4. The van der Waals surface area contributed by atoms with Crippen molar-refractivity contribution < 1.29 is 9.47 Å². The molecule has 0 aliphatic carbocycles. The third-order valence-electron chi connectivity index (χ3n) is 5.46. The molecule has 1 aromatic carbocycles. The molecule has 2 aromatic heterocycles. The third-order valence-corrected chi connectivity index (χ3v) is 5.46. The summed E-state index contributed by atoms with van der Waals surface area (Å²) in [6.07, 6.45) is 9.52. The molecule has 5 rings (SSSR count). The highest BCUT2D eigenvalue weighted by molar-refractivity contribution is 5.78. The number of ether oxygens (including phenoxy) is 2. The van der Waals surface area contributed by atoms with Crippen LogP contribution in [-0.2, 0) is 10.3 Å². The first kappa shape index (κ1) is 19.3. The van der Waals surface area contributed by atoms with E-state index in [0.717, 1.165) is 33.7 Å². The van der Waals surface area contributed by atoms with Gasteiger partial charge in [0.1, 0.15) is 12.4 Å². The Morgan fingerprint density at radius 2 is 1.87 bits per heavy atom. The Morgan fingerprint density at radius 1 is 1.03 bits per heavy atom. The Hall–Kier alpha value is -3.67. The second-order valence-corrected chi connectivity index (χ2v) is 8.96. The zero-order chi connectivity index (χ0) is 21.6. The molecule has 1 spiro atoms. The first-order chi connectivity index (χ1) is 14.8. The van der Waals surface area contributed by atoms with E-state index in [9.17, 15) is 0 Å². The van der Waals surface area contributed by atoms with Gasteiger partial charge in [-0.05, 0) is 41.3 Å². The topological polar surface area (TPSA) is 82.6 Å². The van der Waals surface area contributed by atoms with Crippen molar-refractivity contribution in [1.29, 1.82) is 0 Å². The van der Waals surface area contributed by atoms with E-state index in [1.165, 1.54) is 0 Å². The molecule has 31 heavy (non-hydrogen) atoms. The van der Waals surface area contributed by atoms with Crippen molar-refractivity contribution in [3.63, 3.8) is 0 Å². The smallest absolute Gasteiger partial charge is 0.283 e. The number of hydrogen-bond donors (Lipinski definition) is 1. The first-order valence-corrected chi connectivity index (χ1v) is 10.2. The van der Waals surface area contributed by atoms with Crippen molar-refractivity contribution in [2.45, 2.75) is 26.3 Å². The molecule has 3 aromatic rings. The second-order valence-electron chi connectivity index (χ2n) is 8.96. The Labute approximate surface area is 181 Å². The minimum absolute atomic E-state index is 0.0516. The zero-order valence-electron chi connectivity index (χ0n) is 17.8. The molecule has 0 amide bonds. The Balaban J connectivity index is 1.67. The minimum Gasteiger partial charge on any atom is -0.462 e. The van der Waals surface area contributed by atoms with Crippen LogP contribution in [0.3, 0.4) is 0 Å². The average Bonchev–Trinajstić information content (AvgIpc) is 3.15. The standard InChI is InChI=1S/C25H24N4O2/c1-24(2,3)9-8-18-12-20-22(14-28-18)31-21-7-6-16(17-5-4-10-27-13-17)11-19(21)25(20)15-30-23(26)29-25/h4-14H,15H2,1-3H3,(H2,26,29)/t25-/m0/s1. The summed E-state index contributed by atoms with van der Waals surface area (Å²) < 4.78 is 11.9. The number of aromatic nitrogens is 2. The number of hydrogen-bond acceptors (Lipinski definition) is 6. The van der Waals surface area contributed by atoms with Crippen LogP contribution in [0.25, 0.3) is 17.2 Å². The van der Waals surface area contributed by atoms with Crippen molar-refractivity contribution in [3.05, 3.63) is 77.9 Å². The quantitative estimate of drug-likeness (QED) is 0.647. The van der Waals surface area contributed by atoms with Gasteiger partial charge in [0.05, 0.1) is 11.9 Å². The highest BCUT2D eigenvalue weighted by Gasteiger charge is 2.47. The Morgan fingerprint density at radius 3 is 2.58 bits per heavy atom. The largest absolute Gasteiger partial charge is 0.462 e. The van der Waals surface area contributed by atoms with Crippen molar-refractivity contribution in [2.24, 2.45) is 16.1 Å². The molecule has 1 atom stereocenters. The van der Waals surface area contributed by atoms with Gasteiger partial charge in [0, 0.05) is 29.1 Å². The number of pyridine rings is 2. The molecule has 0 unspecified atom stereocenters. The molecule has 0 saturated heterocycles. The van der Waals surface area contributed by atoms with E-state index in [2.05, 4.69) is 42.9 Å². The van der Waals surface area contributed by atoms with Gasteiger partial charge in [-0.1, -0.05) is 39.0 Å². The Kier molecular flexibility index (Phi) is 4.32. The molecule has 6 nitrogen and oxygen atoms in total. The lowest BCUT2D eigenvalue weighted by Crippen LogP contribution is -2.31. The van der Waals surface area contributed by atoms with Crippen molar-refractivity contribution in [3.8, 4) is 22.6 Å². The Bertz CT molecular complexity index is 1210. The molecule has 156 valence electrons. The van der Waals surface area contributed by atoms with Gasteiger partial charge in [-0.3, -0.25) is 9.97 Å². The number of nitrogens with two attached hydrogens (primary N) is 1. The van der Waals surface area contributed by atoms with Crippen molar-refractivity contribution in [1.82, 2.24) is 9.97 Å². The van der Waals surface area contributed by atoms with Gasteiger partial charge in [0.15, 0.2) is 11.3 Å². The van der Waals surface area contributed by atoms with Crippen LogP contribution in [-0.4, -0.2) is 22.6 Å².